The van der Waals surface area contributed by atoms with Crippen molar-refractivity contribution < 1.29 is 18.8 Å². The molecule has 8 heteroatoms. The molecule has 24 heavy (non-hydrogen) atoms. The van der Waals surface area contributed by atoms with Gasteiger partial charge in [0, 0.05) is 10.8 Å². The number of aromatic hydroxyl groups is 1. The molecule has 0 fully saturated rings. The van der Waals surface area contributed by atoms with Crippen LogP contribution in [0.4, 0.5) is 5.69 Å². The second-order valence-electron chi connectivity index (χ2n) is 4.78. The lowest BCUT2D eigenvalue weighted by Crippen LogP contribution is -2.09. The number of esters is 1. The Morgan fingerprint density at radius 2 is 2.00 bits per heavy atom. The van der Waals surface area contributed by atoms with Crippen LogP contribution in [0, 0.1) is 0 Å². The number of hydrogen-bond donors (Lipinski definition) is 2. The molecule has 1 unspecified atom stereocenters. The van der Waals surface area contributed by atoms with Gasteiger partial charge in [-0.25, -0.2) is 9.00 Å². The van der Waals surface area contributed by atoms with Crippen LogP contribution in [0.2, 0.25) is 5.02 Å². The number of thiophene rings is 1. The molecule has 0 bridgehead atoms. The van der Waals surface area contributed by atoms with Crippen LogP contribution in [0.25, 0.3) is 10.8 Å². The summed E-state index contributed by atoms with van der Waals surface area (Å²) in [5.74, 6) is -0.571. The molecule has 0 radical (unpaired) electrons. The number of carbonyl (C=O) groups excluding carboxylic acids is 1. The van der Waals surface area contributed by atoms with Gasteiger partial charge >= 0.3 is 5.97 Å². The van der Waals surface area contributed by atoms with Crippen molar-refractivity contribution in [2.45, 2.75) is 4.90 Å². The normalized spacial score (nSPS) is 12.1. The number of fused-ring (bicyclic) bond motifs is 1. The van der Waals surface area contributed by atoms with Crippen LogP contribution in [0.3, 0.4) is 0 Å². The smallest absolute Gasteiger partial charge is 0.349 e. The summed E-state index contributed by atoms with van der Waals surface area (Å²) in [7, 11) is -0.415. The van der Waals surface area contributed by atoms with Crippen molar-refractivity contribution in [3.05, 3.63) is 51.7 Å². The molecule has 0 aliphatic heterocycles. The summed E-state index contributed by atoms with van der Waals surface area (Å²) in [6.07, 6.45) is 0. The van der Waals surface area contributed by atoms with Crippen molar-refractivity contribution >= 4 is 56.4 Å². The van der Waals surface area contributed by atoms with Gasteiger partial charge in [-0.15, -0.1) is 11.3 Å². The zero-order valence-electron chi connectivity index (χ0n) is 12.4. The van der Waals surface area contributed by atoms with E-state index in [-0.39, 0.29) is 15.6 Å². The van der Waals surface area contributed by atoms with Crippen molar-refractivity contribution in [2.24, 2.45) is 0 Å². The van der Waals surface area contributed by atoms with Crippen LogP contribution in [0.1, 0.15) is 9.67 Å². The predicted octanol–water partition coefficient (Wildman–Crippen LogP) is 4.18. The maximum atomic E-state index is 12.6. The van der Waals surface area contributed by atoms with E-state index in [4.69, 9.17) is 16.3 Å². The summed E-state index contributed by atoms with van der Waals surface area (Å²) >= 11 is 7.20. The van der Waals surface area contributed by atoms with Gasteiger partial charge in [-0.3, -0.25) is 0 Å². The van der Waals surface area contributed by atoms with E-state index in [2.05, 4.69) is 4.72 Å². The minimum absolute atomic E-state index is 0.0330. The van der Waals surface area contributed by atoms with E-state index < -0.39 is 17.0 Å². The fourth-order valence-electron chi connectivity index (χ4n) is 2.25. The zero-order chi connectivity index (χ0) is 17.3. The largest absolute Gasteiger partial charge is 0.506 e. The number of hydrogen-bond acceptors (Lipinski definition) is 5. The van der Waals surface area contributed by atoms with Crippen LogP contribution in [0.15, 0.2) is 46.7 Å². The quantitative estimate of drug-likeness (QED) is 0.525. The lowest BCUT2D eigenvalue weighted by Gasteiger charge is -2.12. The molecule has 5 nitrogen and oxygen atoms in total. The highest BCUT2D eigenvalue weighted by atomic mass is 35.5. The number of nitrogens with one attached hydrogen (secondary N) is 1. The fraction of sp³-hybridized carbons (Fsp3) is 0.0625. The molecule has 0 saturated carbocycles. The number of phenolic OH excluding ortho intramolecular Hbond substituents is 1. The Kier molecular flexibility index (Phi) is 4.75. The molecule has 1 atom stereocenters. The molecule has 2 N–H and O–H groups in total. The molecule has 124 valence electrons. The molecule has 0 aliphatic carbocycles. The van der Waals surface area contributed by atoms with Crippen molar-refractivity contribution in [3.63, 3.8) is 0 Å². The number of halogens is 1. The molecule has 3 aromatic rings. The summed E-state index contributed by atoms with van der Waals surface area (Å²) in [4.78, 5) is 12.3. The Morgan fingerprint density at radius 3 is 2.71 bits per heavy atom. The van der Waals surface area contributed by atoms with E-state index in [0.29, 0.717) is 21.4 Å². The van der Waals surface area contributed by atoms with Gasteiger partial charge in [0.15, 0.2) is 11.0 Å². The Hall–Kier alpha value is -2.09. The van der Waals surface area contributed by atoms with Gasteiger partial charge in [0.2, 0.25) is 0 Å². The van der Waals surface area contributed by atoms with Gasteiger partial charge in [0.1, 0.15) is 10.6 Å². The van der Waals surface area contributed by atoms with E-state index in [1.165, 1.54) is 13.2 Å². The molecule has 0 saturated heterocycles. The predicted molar refractivity (Wildman–Crippen MR) is 96.3 cm³/mol. The first kappa shape index (κ1) is 16.8. The van der Waals surface area contributed by atoms with E-state index in [0.717, 1.165) is 11.3 Å². The van der Waals surface area contributed by atoms with E-state index in [1.807, 2.05) is 0 Å². The van der Waals surface area contributed by atoms with Crippen LogP contribution in [-0.4, -0.2) is 22.4 Å². The SMILES string of the molecule is COC(=O)c1sccc1S(=O)Nc1cc(Cl)c(O)c2ccccc12. The minimum Gasteiger partial charge on any atom is -0.506 e. The average molecular weight is 382 g/mol. The molecule has 0 spiro atoms. The number of benzene rings is 2. The Labute approximate surface area is 149 Å². The second-order valence-corrected chi connectivity index (χ2v) is 7.28. The number of rotatable bonds is 4. The standard InChI is InChI=1S/C16H12ClNO4S2/c1-22-16(20)15-13(6-7-23-15)24(21)18-12-8-11(17)14(19)10-5-3-2-4-9(10)12/h2-8,18-19H,1H3. The molecule has 1 aromatic heterocycles. The van der Waals surface area contributed by atoms with Crippen LogP contribution in [-0.2, 0) is 15.7 Å². The summed E-state index contributed by atoms with van der Waals surface area (Å²) in [5.41, 5.74) is 0.494. The van der Waals surface area contributed by atoms with Crippen LogP contribution in [0.5, 0.6) is 5.75 Å². The van der Waals surface area contributed by atoms with Crippen LogP contribution < -0.4 is 4.72 Å². The van der Waals surface area contributed by atoms with Gasteiger partial charge in [-0.1, -0.05) is 35.9 Å². The minimum atomic E-state index is -1.69. The Balaban J connectivity index is 2.02. The molecule has 1 heterocycles. The second kappa shape index (κ2) is 6.80. The van der Waals surface area contributed by atoms with Crippen molar-refractivity contribution in [1.82, 2.24) is 0 Å². The van der Waals surface area contributed by atoms with E-state index in [1.54, 1.807) is 35.7 Å². The fourth-order valence-corrected chi connectivity index (χ4v) is 4.54. The first-order valence-electron chi connectivity index (χ1n) is 6.77. The molecule has 2 aromatic carbocycles. The van der Waals surface area contributed by atoms with Crippen molar-refractivity contribution in [1.29, 1.82) is 0 Å². The van der Waals surface area contributed by atoms with E-state index >= 15 is 0 Å². The third-order valence-electron chi connectivity index (χ3n) is 3.37. The molecular weight excluding hydrogens is 370 g/mol. The highest BCUT2D eigenvalue weighted by Crippen LogP contribution is 2.38. The average Bonchev–Trinajstić information content (AvgIpc) is 3.08. The third-order valence-corrected chi connectivity index (χ3v) is 5.83. The number of carbonyl (C=O) groups is 1. The maximum absolute atomic E-state index is 12.6. The third kappa shape index (κ3) is 2.98. The molecule has 0 amide bonds. The van der Waals surface area contributed by atoms with Gasteiger partial charge in [-0.05, 0) is 17.5 Å². The highest BCUT2D eigenvalue weighted by Gasteiger charge is 2.20. The number of phenols is 1. The summed E-state index contributed by atoms with van der Waals surface area (Å²) in [6, 6.07) is 10.2. The topological polar surface area (TPSA) is 75.6 Å². The maximum Gasteiger partial charge on any atom is 0.349 e. The van der Waals surface area contributed by atoms with Crippen molar-refractivity contribution in [3.8, 4) is 5.75 Å². The molecule has 0 aliphatic rings. The lowest BCUT2D eigenvalue weighted by molar-refractivity contribution is 0.0602. The monoisotopic (exact) mass is 381 g/mol. The van der Waals surface area contributed by atoms with Gasteiger partial charge in [0.05, 0.1) is 22.7 Å². The summed E-state index contributed by atoms with van der Waals surface area (Å²) < 4.78 is 20.2. The highest BCUT2D eigenvalue weighted by molar-refractivity contribution is 7.86. The first-order valence-corrected chi connectivity index (χ1v) is 9.18. The summed E-state index contributed by atoms with van der Waals surface area (Å²) in [6.45, 7) is 0. The molecular formula is C16H12ClNO4S2. The van der Waals surface area contributed by atoms with Gasteiger partial charge in [0.25, 0.3) is 0 Å². The Bertz CT molecular complexity index is 954. The lowest BCUT2D eigenvalue weighted by atomic mass is 10.1. The van der Waals surface area contributed by atoms with Crippen LogP contribution >= 0.6 is 22.9 Å². The van der Waals surface area contributed by atoms with Gasteiger partial charge in [-0.2, -0.15) is 0 Å². The number of anilines is 1. The number of methoxy groups -OCH3 is 1. The van der Waals surface area contributed by atoms with Crippen molar-refractivity contribution in [2.75, 3.05) is 11.8 Å². The molecule has 3 rings (SSSR count). The Morgan fingerprint density at radius 1 is 1.29 bits per heavy atom. The summed E-state index contributed by atoms with van der Waals surface area (Å²) in [5, 5.41) is 13.1. The number of ether oxygens (including phenoxy) is 1. The first-order chi connectivity index (χ1) is 11.5. The van der Waals surface area contributed by atoms with Gasteiger partial charge < -0.3 is 14.6 Å². The zero-order valence-corrected chi connectivity index (χ0v) is 14.8. The van der Waals surface area contributed by atoms with E-state index in [9.17, 15) is 14.1 Å².